The molecule has 98 valence electrons. The Kier molecular flexibility index (Phi) is 4.03. The zero-order chi connectivity index (χ0) is 13.0. The number of piperidine rings is 1. The van der Waals surface area contributed by atoms with E-state index in [0.717, 1.165) is 25.9 Å². The van der Waals surface area contributed by atoms with Crippen LogP contribution in [0.3, 0.4) is 0 Å². The molecule has 1 aromatic rings. The number of methoxy groups -OCH3 is 1. The zero-order valence-corrected chi connectivity index (χ0v) is 10.2. The molecule has 0 atom stereocenters. The number of nitrogens with zero attached hydrogens (tertiary/aromatic N) is 4. The van der Waals surface area contributed by atoms with E-state index in [1.165, 1.54) is 13.3 Å². The smallest absolute Gasteiger partial charge is 0.360 e. The molecule has 0 spiro atoms. The van der Waals surface area contributed by atoms with E-state index >= 15 is 0 Å². The van der Waals surface area contributed by atoms with E-state index in [2.05, 4.69) is 19.9 Å². The van der Waals surface area contributed by atoms with Crippen LogP contribution in [0.15, 0.2) is 6.20 Å². The van der Waals surface area contributed by atoms with Crippen LogP contribution in [0.4, 0.5) is 5.95 Å². The number of anilines is 1. The lowest BCUT2D eigenvalue weighted by molar-refractivity contribution is 0.0592. The number of aromatic nitrogens is 3. The maximum absolute atomic E-state index is 11.2. The zero-order valence-electron chi connectivity index (χ0n) is 10.2. The van der Waals surface area contributed by atoms with Gasteiger partial charge in [-0.1, -0.05) is 0 Å². The van der Waals surface area contributed by atoms with Gasteiger partial charge in [0.05, 0.1) is 13.3 Å². The van der Waals surface area contributed by atoms with E-state index in [0.29, 0.717) is 11.9 Å². The third-order valence-electron chi connectivity index (χ3n) is 3.10. The SMILES string of the molecule is COC(=O)c1cnc(N2CCC(CO)CC2)nn1. The fraction of sp³-hybridized carbons (Fsp3) is 0.636. The predicted molar refractivity (Wildman–Crippen MR) is 63.2 cm³/mol. The molecule has 18 heavy (non-hydrogen) atoms. The van der Waals surface area contributed by atoms with Crippen LogP contribution in [0.5, 0.6) is 0 Å². The number of esters is 1. The molecule has 0 amide bonds. The first-order valence-corrected chi connectivity index (χ1v) is 5.88. The third-order valence-corrected chi connectivity index (χ3v) is 3.10. The van der Waals surface area contributed by atoms with Crippen molar-refractivity contribution < 1.29 is 14.6 Å². The minimum atomic E-state index is -0.541. The first-order chi connectivity index (χ1) is 8.74. The Bertz CT molecular complexity index is 401. The van der Waals surface area contributed by atoms with Crippen molar-refractivity contribution in [3.05, 3.63) is 11.9 Å². The number of hydrogen-bond acceptors (Lipinski definition) is 7. The Labute approximate surface area is 105 Å². The number of aliphatic hydroxyl groups is 1. The minimum Gasteiger partial charge on any atom is -0.464 e. The average molecular weight is 252 g/mol. The summed E-state index contributed by atoms with van der Waals surface area (Å²) in [6.45, 7) is 1.82. The number of carbonyl (C=O) groups is 1. The van der Waals surface area contributed by atoms with Crippen LogP contribution in [0, 0.1) is 5.92 Å². The van der Waals surface area contributed by atoms with Gasteiger partial charge in [0.25, 0.3) is 0 Å². The van der Waals surface area contributed by atoms with Crippen molar-refractivity contribution in [3.63, 3.8) is 0 Å². The van der Waals surface area contributed by atoms with Crippen LogP contribution in [0.25, 0.3) is 0 Å². The van der Waals surface area contributed by atoms with Gasteiger partial charge in [0, 0.05) is 19.7 Å². The van der Waals surface area contributed by atoms with Crippen LogP contribution in [-0.2, 0) is 4.74 Å². The van der Waals surface area contributed by atoms with Crippen LogP contribution < -0.4 is 4.90 Å². The standard InChI is InChI=1S/C11H16N4O3/c1-18-10(17)9-6-12-11(14-13-9)15-4-2-8(7-16)3-5-15/h6,8,16H,2-5,7H2,1H3. The van der Waals surface area contributed by atoms with E-state index in [4.69, 9.17) is 5.11 Å². The van der Waals surface area contributed by atoms with E-state index in [1.807, 2.05) is 4.90 Å². The van der Waals surface area contributed by atoms with Crippen LogP contribution >= 0.6 is 0 Å². The molecule has 1 aliphatic heterocycles. The number of hydrogen-bond donors (Lipinski definition) is 1. The predicted octanol–water partition coefficient (Wildman–Crippen LogP) is -0.133. The second kappa shape index (κ2) is 5.72. The molecule has 2 heterocycles. The number of ether oxygens (including phenoxy) is 1. The van der Waals surface area contributed by atoms with Gasteiger partial charge in [0.1, 0.15) is 0 Å². The molecule has 0 saturated carbocycles. The Morgan fingerprint density at radius 1 is 1.50 bits per heavy atom. The van der Waals surface area contributed by atoms with E-state index in [9.17, 15) is 4.79 Å². The molecule has 2 rings (SSSR count). The van der Waals surface area contributed by atoms with Crippen molar-refractivity contribution in [2.24, 2.45) is 5.92 Å². The fourth-order valence-corrected chi connectivity index (χ4v) is 1.93. The Morgan fingerprint density at radius 3 is 2.72 bits per heavy atom. The summed E-state index contributed by atoms with van der Waals surface area (Å²) in [5.41, 5.74) is 0.103. The summed E-state index contributed by atoms with van der Waals surface area (Å²) in [6.07, 6.45) is 3.20. The maximum Gasteiger partial charge on any atom is 0.360 e. The van der Waals surface area contributed by atoms with Crippen LogP contribution in [0.1, 0.15) is 23.3 Å². The van der Waals surface area contributed by atoms with Crippen molar-refractivity contribution in [2.75, 3.05) is 31.7 Å². The molecule has 0 unspecified atom stereocenters. The van der Waals surface area contributed by atoms with E-state index in [-0.39, 0.29) is 12.3 Å². The average Bonchev–Trinajstić information content (AvgIpc) is 2.47. The number of aliphatic hydroxyl groups excluding tert-OH is 1. The fourth-order valence-electron chi connectivity index (χ4n) is 1.93. The highest BCUT2D eigenvalue weighted by atomic mass is 16.5. The van der Waals surface area contributed by atoms with Crippen molar-refractivity contribution in [1.82, 2.24) is 15.2 Å². The molecular weight excluding hydrogens is 236 g/mol. The summed E-state index contributed by atoms with van der Waals surface area (Å²) in [5, 5.41) is 16.8. The molecule has 0 radical (unpaired) electrons. The summed E-state index contributed by atoms with van der Waals surface area (Å²) in [7, 11) is 1.29. The molecule has 1 aromatic heterocycles. The molecule has 7 nitrogen and oxygen atoms in total. The maximum atomic E-state index is 11.2. The molecule has 1 fully saturated rings. The van der Waals surface area contributed by atoms with Gasteiger partial charge in [0.15, 0.2) is 5.69 Å². The highest BCUT2D eigenvalue weighted by molar-refractivity contribution is 5.86. The number of carbonyl (C=O) groups excluding carboxylic acids is 1. The first kappa shape index (κ1) is 12.7. The Hall–Kier alpha value is -1.76. The largest absolute Gasteiger partial charge is 0.464 e. The summed E-state index contributed by atoms with van der Waals surface area (Å²) in [4.78, 5) is 17.3. The summed E-state index contributed by atoms with van der Waals surface area (Å²) >= 11 is 0. The molecular formula is C11H16N4O3. The highest BCUT2D eigenvalue weighted by Gasteiger charge is 2.21. The Balaban J connectivity index is 2.00. The molecule has 1 saturated heterocycles. The monoisotopic (exact) mass is 252 g/mol. The van der Waals surface area contributed by atoms with Gasteiger partial charge in [0.2, 0.25) is 5.95 Å². The molecule has 0 bridgehead atoms. The first-order valence-electron chi connectivity index (χ1n) is 5.88. The lowest BCUT2D eigenvalue weighted by Crippen LogP contribution is -2.36. The summed E-state index contributed by atoms with van der Waals surface area (Å²) in [5.74, 6) is 0.336. The minimum absolute atomic E-state index is 0.103. The lowest BCUT2D eigenvalue weighted by Gasteiger charge is -2.30. The van der Waals surface area contributed by atoms with E-state index < -0.39 is 5.97 Å². The van der Waals surface area contributed by atoms with Gasteiger partial charge in [-0.25, -0.2) is 9.78 Å². The van der Waals surface area contributed by atoms with Crippen molar-refractivity contribution in [2.45, 2.75) is 12.8 Å². The third kappa shape index (κ3) is 2.73. The van der Waals surface area contributed by atoms with Gasteiger partial charge < -0.3 is 14.7 Å². The van der Waals surface area contributed by atoms with Crippen molar-refractivity contribution in [3.8, 4) is 0 Å². The van der Waals surface area contributed by atoms with Gasteiger partial charge in [-0.05, 0) is 18.8 Å². The summed E-state index contributed by atoms with van der Waals surface area (Å²) < 4.78 is 4.53. The van der Waals surface area contributed by atoms with Gasteiger partial charge >= 0.3 is 5.97 Å². The van der Waals surface area contributed by atoms with Crippen LogP contribution in [-0.4, -0.2) is 53.1 Å². The van der Waals surface area contributed by atoms with Gasteiger partial charge in [-0.2, -0.15) is 0 Å². The quantitative estimate of drug-likeness (QED) is 0.749. The highest BCUT2D eigenvalue weighted by Crippen LogP contribution is 2.19. The molecule has 1 N–H and O–H groups in total. The lowest BCUT2D eigenvalue weighted by atomic mass is 9.98. The van der Waals surface area contributed by atoms with Crippen molar-refractivity contribution in [1.29, 1.82) is 0 Å². The topological polar surface area (TPSA) is 88.4 Å². The van der Waals surface area contributed by atoms with Crippen LogP contribution in [0.2, 0.25) is 0 Å². The second-order valence-corrected chi connectivity index (χ2v) is 4.25. The molecule has 0 aromatic carbocycles. The molecule has 7 heteroatoms. The second-order valence-electron chi connectivity index (χ2n) is 4.25. The van der Waals surface area contributed by atoms with E-state index in [1.54, 1.807) is 0 Å². The van der Waals surface area contributed by atoms with Crippen molar-refractivity contribution >= 4 is 11.9 Å². The van der Waals surface area contributed by atoms with Gasteiger partial charge in [-0.15, -0.1) is 10.2 Å². The molecule has 1 aliphatic rings. The Morgan fingerprint density at radius 2 is 2.22 bits per heavy atom. The molecule has 0 aliphatic carbocycles. The number of rotatable bonds is 3. The summed E-state index contributed by atoms with van der Waals surface area (Å²) in [6, 6.07) is 0. The van der Waals surface area contributed by atoms with Gasteiger partial charge in [-0.3, -0.25) is 0 Å². The normalized spacial score (nSPS) is 16.7.